The molecule has 0 aliphatic carbocycles. The van der Waals surface area contributed by atoms with Gasteiger partial charge in [-0.15, -0.1) is 6.58 Å². The van der Waals surface area contributed by atoms with E-state index in [2.05, 4.69) is 11.3 Å². The summed E-state index contributed by atoms with van der Waals surface area (Å²) in [7, 11) is 0. The Hall–Kier alpha value is -1.16. The first-order valence-electron chi connectivity index (χ1n) is 5.40. The second-order valence-corrected chi connectivity index (χ2v) is 5.41. The van der Waals surface area contributed by atoms with Gasteiger partial charge in [0.1, 0.15) is 11.8 Å². The second kappa shape index (κ2) is 3.42. The fourth-order valence-corrected chi connectivity index (χ4v) is 2.46. The van der Waals surface area contributed by atoms with Crippen molar-refractivity contribution in [2.75, 3.05) is 0 Å². The number of hydrogen-bond donors (Lipinski definition) is 0. The summed E-state index contributed by atoms with van der Waals surface area (Å²) in [6, 6.07) is 0. The number of cyclic esters (lactones) is 2. The standard InChI is InChI=1S/C12H16O4/c1-5-6-7-8(11(14)16-10(7)13)9(15-6)12(2,3)4/h5-9H,1H2,2-4H3. The number of ether oxygens (including phenoxy) is 2. The fourth-order valence-electron chi connectivity index (χ4n) is 2.46. The van der Waals surface area contributed by atoms with E-state index in [0.29, 0.717) is 0 Å². The highest BCUT2D eigenvalue weighted by atomic mass is 16.6. The number of rotatable bonds is 1. The molecule has 2 aliphatic heterocycles. The van der Waals surface area contributed by atoms with E-state index in [1.807, 2.05) is 20.8 Å². The van der Waals surface area contributed by atoms with E-state index in [4.69, 9.17) is 4.74 Å². The lowest BCUT2D eigenvalue weighted by molar-refractivity contribution is -0.158. The average Bonchev–Trinajstić information content (AvgIpc) is 2.66. The maximum atomic E-state index is 11.6. The van der Waals surface area contributed by atoms with E-state index in [1.165, 1.54) is 0 Å². The Kier molecular flexibility index (Phi) is 2.42. The first-order chi connectivity index (χ1) is 7.36. The van der Waals surface area contributed by atoms with Crippen LogP contribution in [-0.2, 0) is 19.1 Å². The van der Waals surface area contributed by atoms with Crippen LogP contribution in [0, 0.1) is 17.3 Å². The van der Waals surface area contributed by atoms with E-state index < -0.39 is 29.9 Å². The molecule has 2 aliphatic rings. The maximum absolute atomic E-state index is 11.6. The number of esters is 2. The quantitative estimate of drug-likeness (QED) is 0.383. The van der Waals surface area contributed by atoms with Crippen LogP contribution in [0.25, 0.3) is 0 Å². The van der Waals surface area contributed by atoms with Crippen molar-refractivity contribution in [3.8, 4) is 0 Å². The topological polar surface area (TPSA) is 52.6 Å². The van der Waals surface area contributed by atoms with Gasteiger partial charge in [0.2, 0.25) is 0 Å². The third-order valence-electron chi connectivity index (χ3n) is 3.20. The summed E-state index contributed by atoms with van der Waals surface area (Å²) in [6.07, 6.45) is 0.871. The molecule has 88 valence electrons. The van der Waals surface area contributed by atoms with E-state index in [9.17, 15) is 9.59 Å². The van der Waals surface area contributed by atoms with Gasteiger partial charge >= 0.3 is 11.9 Å². The van der Waals surface area contributed by atoms with Crippen molar-refractivity contribution in [1.82, 2.24) is 0 Å². The van der Waals surface area contributed by atoms with Gasteiger partial charge in [0, 0.05) is 0 Å². The molecular formula is C12H16O4. The van der Waals surface area contributed by atoms with Crippen LogP contribution in [-0.4, -0.2) is 24.1 Å². The van der Waals surface area contributed by atoms with Crippen LogP contribution in [0.4, 0.5) is 0 Å². The molecule has 0 amide bonds. The van der Waals surface area contributed by atoms with Gasteiger partial charge in [0.15, 0.2) is 0 Å². The van der Waals surface area contributed by atoms with Crippen molar-refractivity contribution in [1.29, 1.82) is 0 Å². The summed E-state index contributed by atoms with van der Waals surface area (Å²) in [5.74, 6) is -1.92. The average molecular weight is 224 g/mol. The van der Waals surface area contributed by atoms with Crippen LogP contribution in [0.2, 0.25) is 0 Å². The minimum absolute atomic E-state index is 0.204. The predicted octanol–water partition coefficient (Wildman–Crippen LogP) is 1.30. The van der Waals surface area contributed by atoms with Crippen molar-refractivity contribution >= 4 is 11.9 Å². The number of hydrogen-bond acceptors (Lipinski definition) is 4. The highest BCUT2D eigenvalue weighted by Crippen LogP contribution is 2.45. The Balaban J connectivity index is 2.37. The lowest BCUT2D eigenvalue weighted by Gasteiger charge is -2.29. The summed E-state index contributed by atoms with van der Waals surface area (Å²) in [4.78, 5) is 23.2. The number of carbonyl (C=O) groups is 2. The van der Waals surface area contributed by atoms with E-state index in [0.717, 1.165) is 0 Å². The predicted molar refractivity (Wildman–Crippen MR) is 56.4 cm³/mol. The first-order valence-corrected chi connectivity index (χ1v) is 5.40. The van der Waals surface area contributed by atoms with Crippen LogP contribution < -0.4 is 0 Å². The molecule has 0 aromatic carbocycles. The second-order valence-electron chi connectivity index (χ2n) is 5.41. The van der Waals surface area contributed by atoms with Crippen molar-refractivity contribution in [3.05, 3.63) is 12.7 Å². The Labute approximate surface area is 94.6 Å². The molecule has 0 aromatic rings. The zero-order valence-corrected chi connectivity index (χ0v) is 9.73. The summed E-state index contributed by atoms with van der Waals surface area (Å²) < 4.78 is 10.4. The Morgan fingerprint density at radius 1 is 1.19 bits per heavy atom. The zero-order valence-electron chi connectivity index (χ0n) is 9.73. The molecule has 0 radical (unpaired) electrons. The van der Waals surface area contributed by atoms with Crippen LogP contribution in [0.1, 0.15) is 20.8 Å². The lowest BCUT2D eigenvalue weighted by Crippen LogP contribution is -2.35. The molecule has 0 saturated carbocycles. The molecular weight excluding hydrogens is 208 g/mol. The molecule has 2 fully saturated rings. The summed E-state index contributed by atoms with van der Waals surface area (Å²) >= 11 is 0. The third-order valence-corrected chi connectivity index (χ3v) is 3.20. The molecule has 0 bridgehead atoms. The molecule has 4 heteroatoms. The number of fused-ring (bicyclic) bond motifs is 1. The number of carbonyl (C=O) groups excluding carboxylic acids is 2. The Bertz CT molecular complexity index is 353. The van der Waals surface area contributed by atoms with Gasteiger partial charge < -0.3 is 9.47 Å². The van der Waals surface area contributed by atoms with Crippen LogP contribution in [0.5, 0.6) is 0 Å². The van der Waals surface area contributed by atoms with Gasteiger partial charge in [-0.1, -0.05) is 26.8 Å². The van der Waals surface area contributed by atoms with Crippen LogP contribution >= 0.6 is 0 Å². The Morgan fingerprint density at radius 3 is 2.25 bits per heavy atom. The van der Waals surface area contributed by atoms with Crippen molar-refractivity contribution < 1.29 is 19.1 Å². The summed E-state index contributed by atoms with van der Waals surface area (Å²) in [5, 5.41) is 0. The van der Waals surface area contributed by atoms with Gasteiger partial charge in [0.25, 0.3) is 0 Å². The van der Waals surface area contributed by atoms with Crippen molar-refractivity contribution in [2.24, 2.45) is 17.3 Å². The minimum Gasteiger partial charge on any atom is -0.393 e. The normalized spacial score (nSPS) is 38.4. The minimum atomic E-state index is -0.505. The molecule has 0 aromatic heterocycles. The molecule has 4 nitrogen and oxygen atoms in total. The molecule has 0 N–H and O–H groups in total. The monoisotopic (exact) mass is 224 g/mol. The molecule has 2 heterocycles. The van der Waals surface area contributed by atoms with Crippen LogP contribution in [0.3, 0.4) is 0 Å². The Morgan fingerprint density at radius 2 is 1.75 bits per heavy atom. The largest absolute Gasteiger partial charge is 0.393 e. The third kappa shape index (κ3) is 1.48. The summed E-state index contributed by atoms with van der Waals surface area (Å²) in [5.41, 5.74) is -0.204. The maximum Gasteiger partial charge on any atom is 0.320 e. The smallest absolute Gasteiger partial charge is 0.320 e. The van der Waals surface area contributed by atoms with Crippen LogP contribution in [0.15, 0.2) is 12.7 Å². The van der Waals surface area contributed by atoms with E-state index in [1.54, 1.807) is 6.08 Å². The van der Waals surface area contributed by atoms with E-state index in [-0.39, 0.29) is 11.5 Å². The van der Waals surface area contributed by atoms with Gasteiger partial charge in [0.05, 0.1) is 12.2 Å². The van der Waals surface area contributed by atoms with E-state index >= 15 is 0 Å². The summed E-state index contributed by atoms with van der Waals surface area (Å²) in [6.45, 7) is 9.58. The molecule has 16 heavy (non-hydrogen) atoms. The van der Waals surface area contributed by atoms with Gasteiger partial charge in [-0.05, 0) is 5.41 Å². The molecule has 2 rings (SSSR count). The van der Waals surface area contributed by atoms with Gasteiger partial charge in [-0.3, -0.25) is 9.59 Å². The molecule has 2 saturated heterocycles. The van der Waals surface area contributed by atoms with Crippen molar-refractivity contribution in [3.63, 3.8) is 0 Å². The molecule has 4 atom stereocenters. The first kappa shape index (κ1) is 11.3. The molecule has 0 spiro atoms. The fraction of sp³-hybridized carbons (Fsp3) is 0.667. The zero-order chi connectivity index (χ0) is 12.1. The highest BCUT2D eigenvalue weighted by Gasteiger charge is 2.60. The van der Waals surface area contributed by atoms with Crippen molar-refractivity contribution in [2.45, 2.75) is 33.0 Å². The van der Waals surface area contributed by atoms with Gasteiger partial charge in [-0.25, -0.2) is 0 Å². The van der Waals surface area contributed by atoms with Gasteiger partial charge in [-0.2, -0.15) is 0 Å². The highest BCUT2D eigenvalue weighted by molar-refractivity contribution is 5.97. The molecule has 4 unspecified atom stereocenters. The SMILES string of the molecule is C=CC1OC(C(C)(C)C)C2C(=O)OC(=O)C12. The lowest BCUT2D eigenvalue weighted by atomic mass is 9.78.